The largest absolute Gasteiger partial charge is 0.376 e. The van der Waals surface area contributed by atoms with Gasteiger partial charge in [0.1, 0.15) is 6.54 Å². The van der Waals surface area contributed by atoms with E-state index in [2.05, 4.69) is 10.1 Å². The third-order valence-electron chi connectivity index (χ3n) is 5.05. The Morgan fingerprint density at radius 2 is 2.03 bits per heavy atom. The summed E-state index contributed by atoms with van der Waals surface area (Å²) in [5, 5.41) is 6.42. The fourth-order valence-corrected chi connectivity index (χ4v) is 4.29. The quantitative estimate of drug-likeness (QED) is 0.502. The lowest BCUT2D eigenvalue weighted by Crippen LogP contribution is -2.42. The molecule has 29 heavy (non-hydrogen) atoms. The molecule has 148 valence electrons. The maximum atomic E-state index is 13.2. The Labute approximate surface area is 169 Å². The minimum absolute atomic E-state index is 0.0868. The van der Waals surface area contributed by atoms with E-state index in [0.29, 0.717) is 29.2 Å². The summed E-state index contributed by atoms with van der Waals surface area (Å²) in [5.74, 6) is 0.794. The molecular weight excluding hydrogens is 392 g/mol. The lowest BCUT2D eigenvalue weighted by Gasteiger charge is -2.15. The Hall–Kier alpha value is -3.04. The monoisotopic (exact) mass is 410 g/mol. The molecule has 1 aliphatic heterocycles. The summed E-state index contributed by atoms with van der Waals surface area (Å²) in [6.45, 7) is 0.991. The van der Waals surface area contributed by atoms with E-state index in [1.54, 1.807) is 24.3 Å². The molecule has 8 nitrogen and oxygen atoms in total. The highest BCUT2D eigenvalue weighted by molar-refractivity contribution is 7.13. The van der Waals surface area contributed by atoms with E-state index in [4.69, 9.17) is 9.26 Å². The Kier molecular flexibility index (Phi) is 4.61. The van der Waals surface area contributed by atoms with E-state index in [9.17, 15) is 9.59 Å². The average Bonchev–Trinajstić information content (AvgIpc) is 3.51. The first kappa shape index (κ1) is 18.0. The second-order valence-corrected chi connectivity index (χ2v) is 7.87. The number of para-hydroxylation sites is 1. The van der Waals surface area contributed by atoms with Crippen molar-refractivity contribution in [3.63, 3.8) is 0 Å². The Bertz CT molecular complexity index is 1270. The van der Waals surface area contributed by atoms with Crippen molar-refractivity contribution in [2.75, 3.05) is 6.61 Å². The zero-order valence-electron chi connectivity index (χ0n) is 15.5. The fraction of sp³-hybridized carbons (Fsp3) is 0.300. The van der Waals surface area contributed by atoms with E-state index < -0.39 is 5.69 Å². The second-order valence-electron chi connectivity index (χ2n) is 6.93. The molecule has 0 saturated carbocycles. The second kappa shape index (κ2) is 7.41. The van der Waals surface area contributed by atoms with Gasteiger partial charge in [-0.2, -0.15) is 4.98 Å². The highest BCUT2D eigenvalue weighted by atomic mass is 32.1. The summed E-state index contributed by atoms with van der Waals surface area (Å²) in [5.41, 5.74) is -0.163. The summed E-state index contributed by atoms with van der Waals surface area (Å²) in [6.07, 6.45) is 1.66. The molecule has 5 rings (SSSR count). The van der Waals surface area contributed by atoms with Crippen LogP contribution < -0.4 is 11.2 Å². The van der Waals surface area contributed by atoms with Crippen molar-refractivity contribution in [2.45, 2.75) is 32.0 Å². The molecule has 1 atom stereocenters. The van der Waals surface area contributed by atoms with E-state index in [0.717, 1.165) is 17.7 Å². The highest BCUT2D eigenvalue weighted by Gasteiger charge is 2.21. The van der Waals surface area contributed by atoms with Crippen molar-refractivity contribution in [1.82, 2.24) is 19.3 Å². The van der Waals surface area contributed by atoms with Crippen molar-refractivity contribution in [3.05, 3.63) is 68.5 Å². The van der Waals surface area contributed by atoms with Gasteiger partial charge in [-0.05, 0) is 36.4 Å². The van der Waals surface area contributed by atoms with Gasteiger partial charge in [-0.15, -0.1) is 11.3 Å². The molecule has 4 aromatic rings. The molecule has 0 spiro atoms. The lowest BCUT2D eigenvalue weighted by atomic mass is 10.2. The predicted octanol–water partition coefficient (Wildman–Crippen LogP) is 2.50. The SMILES string of the molecule is O=c1c2ccccc2n(Cc2nc(-c3cccs3)no2)c(=O)n1CC1CCCO1. The van der Waals surface area contributed by atoms with Crippen LogP contribution in [0, 0.1) is 0 Å². The Morgan fingerprint density at radius 3 is 2.83 bits per heavy atom. The van der Waals surface area contributed by atoms with Gasteiger partial charge in [0, 0.05) is 6.61 Å². The fourth-order valence-electron chi connectivity index (χ4n) is 3.64. The van der Waals surface area contributed by atoms with Crippen molar-refractivity contribution >= 4 is 22.2 Å². The van der Waals surface area contributed by atoms with Gasteiger partial charge in [0.25, 0.3) is 5.56 Å². The van der Waals surface area contributed by atoms with Crippen molar-refractivity contribution in [3.8, 4) is 10.7 Å². The lowest BCUT2D eigenvalue weighted by molar-refractivity contribution is 0.0948. The number of aromatic nitrogens is 4. The van der Waals surface area contributed by atoms with E-state index in [1.165, 1.54) is 20.5 Å². The minimum Gasteiger partial charge on any atom is -0.376 e. The third-order valence-corrected chi connectivity index (χ3v) is 5.91. The first-order chi connectivity index (χ1) is 14.2. The normalized spacial score (nSPS) is 16.6. The molecule has 0 aliphatic carbocycles. The van der Waals surface area contributed by atoms with Gasteiger partial charge in [0.05, 0.1) is 28.4 Å². The number of ether oxygens (including phenoxy) is 1. The van der Waals surface area contributed by atoms with Crippen LogP contribution in [-0.4, -0.2) is 32.0 Å². The van der Waals surface area contributed by atoms with Crippen LogP contribution in [0.1, 0.15) is 18.7 Å². The zero-order valence-corrected chi connectivity index (χ0v) is 16.3. The van der Waals surface area contributed by atoms with E-state index in [-0.39, 0.29) is 24.8 Å². The van der Waals surface area contributed by atoms with Crippen LogP contribution in [0.15, 0.2) is 55.9 Å². The standard InChI is InChI=1S/C20H18N4O4S/c25-19-14-6-1-2-7-15(14)23(20(26)24(19)11-13-5-3-9-27-13)12-17-21-18(22-28-17)16-8-4-10-29-16/h1-2,4,6-8,10,13H,3,5,9,11-12H2. The first-order valence-corrected chi connectivity index (χ1v) is 10.3. The highest BCUT2D eigenvalue weighted by Crippen LogP contribution is 2.21. The number of rotatable bonds is 5. The molecule has 1 unspecified atom stereocenters. The molecule has 1 saturated heterocycles. The molecular formula is C20H18N4O4S. The molecule has 3 aromatic heterocycles. The molecule has 0 N–H and O–H groups in total. The maximum Gasteiger partial charge on any atom is 0.332 e. The van der Waals surface area contributed by atoms with Crippen LogP contribution in [-0.2, 0) is 17.8 Å². The topological polar surface area (TPSA) is 92.2 Å². The van der Waals surface area contributed by atoms with Crippen molar-refractivity contribution in [1.29, 1.82) is 0 Å². The number of hydrogen-bond acceptors (Lipinski definition) is 7. The summed E-state index contributed by atoms with van der Waals surface area (Å²) < 4.78 is 13.8. The Balaban J connectivity index is 1.59. The summed E-state index contributed by atoms with van der Waals surface area (Å²) in [4.78, 5) is 31.5. The van der Waals surface area contributed by atoms with Crippen LogP contribution in [0.25, 0.3) is 21.6 Å². The smallest absolute Gasteiger partial charge is 0.332 e. The zero-order chi connectivity index (χ0) is 19.8. The third kappa shape index (κ3) is 3.32. The molecule has 0 radical (unpaired) electrons. The average molecular weight is 410 g/mol. The van der Waals surface area contributed by atoms with Gasteiger partial charge in [-0.3, -0.25) is 13.9 Å². The van der Waals surface area contributed by atoms with Crippen LogP contribution in [0.5, 0.6) is 0 Å². The van der Waals surface area contributed by atoms with E-state index in [1.807, 2.05) is 17.5 Å². The summed E-state index contributed by atoms with van der Waals surface area (Å²) in [6, 6.07) is 10.9. The van der Waals surface area contributed by atoms with Gasteiger partial charge in [0.15, 0.2) is 0 Å². The Morgan fingerprint density at radius 1 is 1.14 bits per heavy atom. The van der Waals surface area contributed by atoms with Gasteiger partial charge >= 0.3 is 5.69 Å². The van der Waals surface area contributed by atoms with Crippen molar-refractivity contribution in [2.24, 2.45) is 0 Å². The molecule has 1 aliphatic rings. The predicted molar refractivity (Wildman–Crippen MR) is 108 cm³/mol. The summed E-state index contributed by atoms with van der Waals surface area (Å²) in [7, 11) is 0. The molecule has 1 aromatic carbocycles. The summed E-state index contributed by atoms with van der Waals surface area (Å²) >= 11 is 1.51. The molecule has 0 bridgehead atoms. The number of thiophene rings is 1. The van der Waals surface area contributed by atoms with Gasteiger partial charge < -0.3 is 9.26 Å². The molecule has 9 heteroatoms. The van der Waals surface area contributed by atoms with Gasteiger partial charge in [-0.25, -0.2) is 4.79 Å². The minimum atomic E-state index is -0.403. The van der Waals surface area contributed by atoms with Crippen molar-refractivity contribution < 1.29 is 9.26 Å². The number of nitrogens with zero attached hydrogens (tertiary/aromatic N) is 4. The molecule has 4 heterocycles. The number of benzene rings is 1. The maximum absolute atomic E-state index is 13.2. The van der Waals surface area contributed by atoms with Crippen LogP contribution in [0.4, 0.5) is 0 Å². The first-order valence-electron chi connectivity index (χ1n) is 9.41. The van der Waals surface area contributed by atoms with Gasteiger partial charge in [-0.1, -0.05) is 23.4 Å². The van der Waals surface area contributed by atoms with Crippen LogP contribution in [0.2, 0.25) is 0 Å². The number of hydrogen-bond donors (Lipinski definition) is 0. The molecule has 1 fully saturated rings. The van der Waals surface area contributed by atoms with Crippen LogP contribution in [0.3, 0.4) is 0 Å². The van der Waals surface area contributed by atoms with E-state index >= 15 is 0 Å². The van der Waals surface area contributed by atoms with Gasteiger partial charge in [0.2, 0.25) is 11.7 Å². The van der Waals surface area contributed by atoms with Crippen LogP contribution >= 0.6 is 11.3 Å². The molecule has 0 amide bonds. The number of fused-ring (bicyclic) bond motifs is 1.